The first kappa shape index (κ1) is 14.6. The van der Waals surface area contributed by atoms with Crippen LogP contribution in [0.4, 0.5) is 4.39 Å². The van der Waals surface area contributed by atoms with Gasteiger partial charge in [-0.25, -0.2) is 14.2 Å². The van der Waals surface area contributed by atoms with E-state index in [1.807, 2.05) is 6.07 Å². The van der Waals surface area contributed by atoms with Gasteiger partial charge in [0.1, 0.15) is 17.6 Å². The lowest BCUT2D eigenvalue weighted by Gasteiger charge is -2.14. The van der Waals surface area contributed by atoms with Gasteiger partial charge in [-0.2, -0.15) is 0 Å². The van der Waals surface area contributed by atoms with E-state index in [2.05, 4.69) is 10.3 Å². The highest BCUT2D eigenvalue weighted by atomic mass is 19.1. The Morgan fingerprint density at radius 2 is 1.90 bits per heavy atom. The quantitative estimate of drug-likeness (QED) is 0.876. The zero-order chi connectivity index (χ0) is 15.2. The molecule has 6 heteroatoms. The molecule has 2 N–H and O–H groups in total. The zero-order valence-electron chi connectivity index (χ0n) is 11.0. The summed E-state index contributed by atoms with van der Waals surface area (Å²) in [4.78, 5) is 26.7. The van der Waals surface area contributed by atoms with E-state index < -0.39 is 23.7 Å². The van der Waals surface area contributed by atoms with E-state index in [1.54, 1.807) is 24.3 Å². The number of aromatic nitrogens is 1. The van der Waals surface area contributed by atoms with Crippen molar-refractivity contribution in [1.82, 2.24) is 10.3 Å². The molecule has 0 aliphatic rings. The molecule has 2 rings (SSSR count). The number of benzene rings is 1. The van der Waals surface area contributed by atoms with Crippen LogP contribution in [0, 0.1) is 5.82 Å². The largest absolute Gasteiger partial charge is 0.480 e. The molecule has 108 valence electrons. The van der Waals surface area contributed by atoms with E-state index in [9.17, 15) is 19.1 Å². The van der Waals surface area contributed by atoms with Crippen LogP contribution in [0.25, 0.3) is 0 Å². The predicted octanol–water partition coefficient (Wildman–Crippen LogP) is 1.65. The lowest BCUT2D eigenvalue weighted by molar-refractivity contribution is -0.139. The number of hydrogen-bond acceptors (Lipinski definition) is 3. The van der Waals surface area contributed by atoms with Gasteiger partial charge in [-0.05, 0) is 17.7 Å². The van der Waals surface area contributed by atoms with Crippen LogP contribution in [0.3, 0.4) is 0 Å². The van der Waals surface area contributed by atoms with Gasteiger partial charge in [0.15, 0.2) is 0 Å². The second-order valence-electron chi connectivity index (χ2n) is 4.42. The molecule has 0 bridgehead atoms. The standard InChI is InChI=1S/C15H13FN2O3/c16-11-6-7-12(17-9-11)14(19)18-13(15(20)21)8-10-4-2-1-3-5-10/h1-7,9,13H,8H2,(H,18,19)(H,20,21)/t13-/m1/s1. The maximum Gasteiger partial charge on any atom is 0.326 e. The molecule has 1 amide bonds. The second kappa shape index (κ2) is 6.60. The van der Waals surface area contributed by atoms with Crippen molar-refractivity contribution in [3.8, 4) is 0 Å². The topological polar surface area (TPSA) is 79.3 Å². The summed E-state index contributed by atoms with van der Waals surface area (Å²) in [6.45, 7) is 0. The first-order chi connectivity index (χ1) is 10.1. The van der Waals surface area contributed by atoms with Gasteiger partial charge in [-0.15, -0.1) is 0 Å². The minimum absolute atomic E-state index is 0.0317. The number of carboxylic acid groups (broad SMARTS) is 1. The third kappa shape index (κ3) is 4.10. The van der Waals surface area contributed by atoms with Crippen molar-refractivity contribution in [3.63, 3.8) is 0 Å². The monoisotopic (exact) mass is 288 g/mol. The molecule has 0 radical (unpaired) electrons. The van der Waals surface area contributed by atoms with E-state index in [0.717, 1.165) is 17.8 Å². The van der Waals surface area contributed by atoms with Gasteiger partial charge in [0.05, 0.1) is 6.20 Å². The maximum atomic E-state index is 12.7. The minimum Gasteiger partial charge on any atom is -0.480 e. The molecular weight excluding hydrogens is 275 g/mol. The number of carbonyl (C=O) groups excluding carboxylic acids is 1. The van der Waals surface area contributed by atoms with E-state index in [0.29, 0.717) is 0 Å². The summed E-state index contributed by atoms with van der Waals surface area (Å²) >= 11 is 0. The van der Waals surface area contributed by atoms with Crippen molar-refractivity contribution in [2.45, 2.75) is 12.5 Å². The Morgan fingerprint density at radius 1 is 1.19 bits per heavy atom. The fraction of sp³-hybridized carbons (Fsp3) is 0.133. The van der Waals surface area contributed by atoms with Crippen LogP contribution < -0.4 is 5.32 Å². The number of aliphatic carboxylic acids is 1. The fourth-order valence-corrected chi connectivity index (χ4v) is 1.79. The molecule has 1 aromatic heterocycles. The highest BCUT2D eigenvalue weighted by molar-refractivity contribution is 5.94. The van der Waals surface area contributed by atoms with Crippen molar-refractivity contribution < 1.29 is 19.1 Å². The number of carboxylic acids is 1. The number of halogens is 1. The molecule has 0 spiro atoms. The van der Waals surface area contributed by atoms with Crippen molar-refractivity contribution in [3.05, 3.63) is 65.7 Å². The molecule has 2 aromatic rings. The van der Waals surface area contributed by atoms with Crippen LogP contribution in [-0.2, 0) is 11.2 Å². The Labute approximate surface area is 120 Å². The summed E-state index contributed by atoms with van der Waals surface area (Å²) in [6.07, 6.45) is 1.06. The highest BCUT2D eigenvalue weighted by Gasteiger charge is 2.21. The highest BCUT2D eigenvalue weighted by Crippen LogP contribution is 2.05. The maximum absolute atomic E-state index is 12.7. The third-order valence-corrected chi connectivity index (χ3v) is 2.85. The van der Waals surface area contributed by atoms with Gasteiger partial charge in [-0.1, -0.05) is 30.3 Å². The van der Waals surface area contributed by atoms with E-state index in [1.165, 1.54) is 6.07 Å². The van der Waals surface area contributed by atoms with Crippen molar-refractivity contribution in [1.29, 1.82) is 0 Å². The molecule has 0 aliphatic heterocycles. The Morgan fingerprint density at radius 3 is 2.48 bits per heavy atom. The van der Waals surface area contributed by atoms with Crippen molar-refractivity contribution >= 4 is 11.9 Å². The lowest BCUT2D eigenvalue weighted by Crippen LogP contribution is -2.42. The number of nitrogens with zero attached hydrogens (tertiary/aromatic N) is 1. The van der Waals surface area contributed by atoms with E-state index >= 15 is 0 Å². The van der Waals surface area contributed by atoms with Gasteiger partial charge in [0, 0.05) is 6.42 Å². The summed E-state index contributed by atoms with van der Waals surface area (Å²) in [7, 11) is 0. The van der Waals surface area contributed by atoms with Gasteiger partial charge in [-0.3, -0.25) is 4.79 Å². The lowest BCUT2D eigenvalue weighted by atomic mass is 10.1. The first-order valence-electron chi connectivity index (χ1n) is 6.25. The van der Waals surface area contributed by atoms with Crippen LogP contribution in [-0.4, -0.2) is 28.0 Å². The van der Waals surface area contributed by atoms with E-state index in [4.69, 9.17) is 0 Å². The first-order valence-corrected chi connectivity index (χ1v) is 6.25. The Kier molecular flexibility index (Phi) is 4.61. The predicted molar refractivity (Wildman–Crippen MR) is 73.2 cm³/mol. The number of nitrogens with one attached hydrogen (secondary N) is 1. The number of amides is 1. The molecule has 5 nitrogen and oxygen atoms in total. The summed E-state index contributed by atoms with van der Waals surface area (Å²) < 4.78 is 12.7. The summed E-state index contributed by atoms with van der Waals surface area (Å²) in [5.74, 6) is -2.36. The van der Waals surface area contributed by atoms with Crippen molar-refractivity contribution in [2.24, 2.45) is 0 Å². The zero-order valence-corrected chi connectivity index (χ0v) is 11.0. The van der Waals surface area contributed by atoms with Gasteiger partial charge >= 0.3 is 5.97 Å². The van der Waals surface area contributed by atoms with E-state index in [-0.39, 0.29) is 12.1 Å². The van der Waals surface area contributed by atoms with Crippen LogP contribution >= 0.6 is 0 Å². The molecule has 0 unspecified atom stereocenters. The molecule has 1 atom stereocenters. The molecule has 0 aliphatic carbocycles. The average Bonchev–Trinajstić information content (AvgIpc) is 2.48. The van der Waals surface area contributed by atoms with Gasteiger partial charge < -0.3 is 10.4 Å². The van der Waals surface area contributed by atoms with Crippen LogP contribution in [0.5, 0.6) is 0 Å². The fourth-order valence-electron chi connectivity index (χ4n) is 1.79. The Bertz CT molecular complexity index is 629. The Balaban J connectivity index is 2.07. The second-order valence-corrected chi connectivity index (χ2v) is 4.42. The molecule has 0 saturated heterocycles. The molecule has 1 aromatic carbocycles. The summed E-state index contributed by atoms with van der Waals surface area (Å²) in [5, 5.41) is 11.6. The third-order valence-electron chi connectivity index (χ3n) is 2.85. The molecule has 1 heterocycles. The van der Waals surface area contributed by atoms with Gasteiger partial charge in [0.2, 0.25) is 0 Å². The summed E-state index contributed by atoms with van der Waals surface area (Å²) in [5.41, 5.74) is 0.757. The number of carbonyl (C=O) groups is 2. The SMILES string of the molecule is O=C(N[C@H](Cc1ccccc1)C(=O)O)c1ccc(F)cn1. The normalized spacial score (nSPS) is 11.7. The van der Waals surface area contributed by atoms with Crippen LogP contribution in [0.2, 0.25) is 0 Å². The Hall–Kier alpha value is -2.76. The van der Waals surface area contributed by atoms with Crippen LogP contribution in [0.15, 0.2) is 48.7 Å². The molecule has 21 heavy (non-hydrogen) atoms. The average molecular weight is 288 g/mol. The van der Waals surface area contributed by atoms with Crippen LogP contribution in [0.1, 0.15) is 16.1 Å². The summed E-state index contributed by atoms with van der Waals surface area (Å²) in [6, 6.07) is 10.2. The molecular formula is C15H13FN2O3. The minimum atomic E-state index is -1.14. The molecule has 0 fully saturated rings. The molecule has 0 saturated carbocycles. The number of rotatable bonds is 5. The van der Waals surface area contributed by atoms with Gasteiger partial charge in [0.25, 0.3) is 5.91 Å². The van der Waals surface area contributed by atoms with Crippen molar-refractivity contribution in [2.75, 3.05) is 0 Å². The smallest absolute Gasteiger partial charge is 0.326 e. The number of pyridine rings is 1. The number of hydrogen-bond donors (Lipinski definition) is 2.